The number of pyridine rings is 1. The SMILES string of the molecule is COc1ccc2cncc(-n3c(=O)c4oc(-c5ccccc5Cl)cc4n(CC4(C#N)CC4)c3=O)c2c1. The van der Waals surface area contributed by atoms with Crippen LogP contribution in [0.5, 0.6) is 5.75 Å². The summed E-state index contributed by atoms with van der Waals surface area (Å²) in [5.41, 5.74) is -0.628. The van der Waals surface area contributed by atoms with Crippen LogP contribution >= 0.6 is 11.6 Å². The van der Waals surface area contributed by atoms with E-state index in [2.05, 4.69) is 11.1 Å². The average molecular weight is 499 g/mol. The standard InChI is InChI=1S/C27H19ClN4O4/c1-35-17-7-6-16-12-30-13-22(19(16)10-17)32-25(33)24-21(31(26(32)34)15-27(14-29)8-9-27)11-23(36-24)18-4-2-3-5-20(18)28/h2-7,10-13H,8-9,15H2,1H3. The number of ether oxygens (including phenoxy) is 1. The zero-order chi connectivity index (χ0) is 25.0. The van der Waals surface area contributed by atoms with Gasteiger partial charge < -0.3 is 9.15 Å². The van der Waals surface area contributed by atoms with Crippen molar-refractivity contribution in [2.75, 3.05) is 7.11 Å². The van der Waals surface area contributed by atoms with Crippen molar-refractivity contribution in [1.29, 1.82) is 5.26 Å². The molecule has 0 aliphatic heterocycles. The van der Waals surface area contributed by atoms with Crippen molar-refractivity contribution in [1.82, 2.24) is 14.1 Å². The normalized spacial score (nSPS) is 14.1. The molecule has 0 spiro atoms. The predicted octanol–water partition coefficient (Wildman–Crippen LogP) is 4.93. The summed E-state index contributed by atoms with van der Waals surface area (Å²) in [5, 5.41) is 11.5. The van der Waals surface area contributed by atoms with Crippen molar-refractivity contribution < 1.29 is 9.15 Å². The van der Waals surface area contributed by atoms with E-state index in [9.17, 15) is 14.9 Å². The predicted molar refractivity (Wildman–Crippen MR) is 136 cm³/mol. The maximum Gasteiger partial charge on any atom is 0.336 e. The highest BCUT2D eigenvalue weighted by atomic mass is 35.5. The first-order valence-electron chi connectivity index (χ1n) is 11.3. The first kappa shape index (κ1) is 22.1. The fourth-order valence-corrected chi connectivity index (χ4v) is 4.73. The maximum absolute atomic E-state index is 13.9. The third-order valence-corrected chi connectivity index (χ3v) is 7.03. The minimum Gasteiger partial charge on any atom is -0.497 e. The largest absolute Gasteiger partial charge is 0.497 e. The molecule has 1 aliphatic carbocycles. The van der Waals surface area contributed by atoms with Gasteiger partial charge in [-0.05, 0) is 43.2 Å². The van der Waals surface area contributed by atoms with Crippen LogP contribution in [0.25, 0.3) is 38.9 Å². The number of benzene rings is 2. The molecule has 1 saturated carbocycles. The summed E-state index contributed by atoms with van der Waals surface area (Å²) in [6, 6.07) is 16.4. The van der Waals surface area contributed by atoms with Gasteiger partial charge in [0.1, 0.15) is 11.5 Å². The Morgan fingerprint density at radius 2 is 1.97 bits per heavy atom. The molecule has 9 heteroatoms. The third-order valence-electron chi connectivity index (χ3n) is 6.70. The number of hydrogen-bond acceptors (Lipinski definition) is 6. The summed E-state index contributed by atoms with van der Waals surface area (Å²) in [6.45, 7) is 0.141. The summed E-state index contributed by atoms with van der Waals surface area (Å²) in [4.78, 5) is 32.0. The number of aromatic nitrogens is 3. The van der Waals surface area contributed by atoms with Gasteiger partial charge in [-0.3, -0.25) is 14.3 Å². The van der Waals surface area contributed by atoms with Gasteiger partial charge in [0.15, 0.2) is 0 Å². The van der Waals surface area contributed by atoms with Crippen molar-refractivity contribution in [3.63, 3.8) is 0 Å². The Morgan fingerprint density at radius 3 is 2.69 bits per heavy atom. The number of fused-ring (bicyclic) bond motifs is 2. The maximum atomic E-state index is 13.9. The van der Waals surface area contributed by atoms with Crippen molar-refractivity contribution in [3.8, 4) is 28.8 Å². The minimum atomic E-state index is -0.652. The van der Waals surface area contributed by atoms with Gasteiger partial charge in [-0.1, -0.05) is 23.7 Å². The molecule has 1 fully saturated rings. The van der Waals surface area contributed by atoms with Crippen molar-refractivity contribution in [2.24, 2.45) is 5.41 Å². The summed E-state index contributed by atoms with van der Waals surface area (Å²) < 4.78 is 13.9. The first-order valence-corrected chi connectivity index (χ1v) is 11.7. The lowest BCUT2D eigenvalue weighted by atomic mass is 10.1. The summed E-state index contributed by atoms with van der Waals surface area (Å²) >= 11 is 6.38. The highest BCUT2D eigenvalue weighted by Crippen LogP contribution is 2.46. The molecular weight excluding hydrogens is 480 g/mol. The van der Waals surface area contributed by atoms with E-state index < -0.39 is 16.7 Å². The zero-order valence-corrected chi connectivity index (χ0v) is 20.0. The zero-order valence-electron chi connectivity index (χ0n) is 19.2. The Balaban J connectivity index is 1.69. The number of nitriles is 1. The molecule has 0 atom stereocenters. The van der Waals surface area contributed by atoms with E-state index in [1.54, 1.807) is 49.7 Å². The number of halogens is 1. The summed E-state index contributed by atoms with van der Waals surface area (Å²) in [6.07, 6.45) is 4.48. The van der Waals surface area contributed by atoms with Gasteiger partial charge in [-0.25, -0.2) is 9.36 Å². The van der Waals surface area contributed by atoms with Gasteiger partial charge in [-0.15, -0.1) is 0 Å². The highest BCUT2D eigenvalue weighted by molar-refractivity contribution is 6.33. The minimum absolute atomic E-state index is 0.00170. The Labute approximate surface area is 209 Å². The Morgan fingerprint density at radius 1 is 1.17 bits per heavy atom. The van der Waals surface area contributed by atoms with E-state index >= 15 is 0 Å². The van der Waals surface area contributed by atoms with Crippen LogP contribution in [0.15, 0.2) is 74.9 Å². The molecule has 0 saturated heterocycles. The molecule has 1 aliphatic rings. The third kappa shape index (κ3) is 3.40. The quantitative estimate of drug-likeness (QED) is 0.340. The van der Waals surface area contributed by atoms with E-state index in [0.29, 0.717) is 51.5 Å². The molecule has 0 radical (unpaired) electrons. The smallest absolute Gasteiger partial charge is 0.336 e. The number of hydrogen-bond donors (Lipinski definition) is 0. The molecule has 8 nitrogen and oxygen atoms in total. The van der Waals surface area contributed by atoms with E-state index in [-0.39, 0.29) is 12.1 Å². The fraction of sp³-hybridized carbons (Fsp3) is 0.185. The fourth-order valence-electron chi connectivity index (χ4n) is 4.50. The van der Waals surface area contributed by atoms with Gasteiger partial charge in [0.05, 0.1) is 41.0 Å². The topological polar surface area (TPSA) is 103 Å². The first-order chi connectivity index (χ1) is 17.4. The molecular formula is C27H19ClN4O4. The van der Waals surface area contributed by atoms with Crippen LogP contribution in [0, 0.1) is 16.7 Å². The van der Waals surface area contributed by atoms with Crippen molar-refractivity contribution >= 4 is 33.5 Å². The molecule has 5 aromatic rings. The number of furan rings is 1. The second kappa shape index (κ2) is 8.11. The Bertz CT molecular complexity index is 1840. The van der Waals surface area contributed by atoms with Crippen LogP contribution in [0.4, 0.5) is 0 Å². The van der Waals surface area contributed by atoms with E-state index in [1.807, 2.05) is 12.1 Å². The van der Waals surface area contributed by atoms with Crippen LogP contribution in [-0.4, -0.2) is 21.2 Å². The molecule has 2 aromatic carbocycles. The van der Waals surface area contributed by atoms with Gasteiger partial charge in [0, 0.05) is 35.1 Å². The second-order valence-corrected chi connectivity index (χ2v) is 9.36. The molecule has 36 heavy (non-hydrogen) atoms. The van der Waals surface area contributed by atoms with E-state index in [4.69, 9.17) is 20.8 Å². The Hall–Kier alpha value is -4.35. The summed E-state index contributed by atoms with van der Waals surface area (Å²) in [5.74, 6) is 0.933. The summed E-state index contributed by atoms with van der Waals surface area (Å²) in [7, 11) is 1.54. The average Bonchev–Trinajstić information content (AvgIpc) is 3.54. The Kier molecular flexibility index (Phi) is 4.99. The van der Waals surface area contributed by atoms with Crippen molar-refractivity contribution in [3.05, 3.63) is 86.8 Å². The lowest BCUT2D eigenvalue weighted by Crippen LogP contribution is -2.40. The van der Waals surface area contributed by atoms with Crippen LogP contribution in [0.3, 0.4) is 0 Å². The molecule has 0 unspecified atom stereocenters. The lowest BCUT2D eigenvalue weighted by Gasteiger charge is -2.15. The van der Waals surface area contributed by atoms with Crippen molar-refractivity contribution in [2.45, 2.75) is 19.4 Å². The van der Waals surface area contributed by atoms with Crippen LogP contribution in [0.1, 0.15) is 12.8 Å². The lowest BCUT2D eigenvalue weighted by molar-refractivity contribution is 0.415. The molecule has 3 aromatic heterocycles. The highest BCUT2D eigenvalue weighted by Gasteiger charge is 2.44. The van der Waals surface area contributed by atoms with Gasteiger partial charge in [0.2, 0.25) is 5.58 Å². The molecule has 3 heterocycles. The monoisotopic (exact) mass is 498 g/mol. The van der Waals surface area contributed by atoms with Gasteiger partial charge in [-0.2, -0.15) is 5.26 Å². The molecule has 6 rings (SSSR count). The molecule has 0 N–H and O–H groups in total. The van der Waals surface area contributed by atoms with Crippen LogP contribution in [0.2, 0.25) is 5.02 Å². The van der Waals surface area contributed by atoms with Gasteiger partial charge >= 0.3 is 11.2 Å². The van der Waals surface area contributed by atoms with Crippen LogP contribution < -0.4 is 16.0 Å². The molecule has 178 valence electrons. The molecule has 0 amide bonds. The molecule has 0 bridgehead atoms. The van der Waals surface area contributed by atoms with E-state index in [0.717, 1.165) is 9.95 Å². The van der Waals surface area contributed by atoms with E-state index in [1.165, 1.54) is 10.8 Å². The van der Waals surface area contributed by atoms with Gasteiger partial charge in [0.25, 0.3) is 0 Å². The van der Waals surface area contributed by atoms with Crippen LogP contribution in [-0.2, 0) is 6.54 Å². The number of rotatable bonds is 5. The number of methoxy groups -OCH3 is 1. The second-order valence-electron chi connectivity index (χ2n) is 8.95. The number of nitrogens with zero attached hydrogens (tertiary/aromatic N) is 4.